The van der Waals surface area contributed by atoms with E-state index in [4.69, 9.17) is 0 Å². The molecule has 0 saturated carbocycles. The third-order valence-corrected chi connectivity index (χ3v) is 14.3. The lowest BCUT2D eigenvalue weighted by atomic mass is 9.82. The summed E-state index contributed by atoms with van der Waals surface area (Å²) in [5.41, 5.74) is 20.4. The first kappa shape index (κ1) is 39.7. The number of para-hydroxylation sites is 3. The van der Waals surface area contributed by atoms with Gasteiger partial charge in [0.25, 0.3) is 0 Å². The van der Waals surface area contributed by atoms with Gasteiger partial charge < -0.3 is 14.7 Å². The molecular formula is C65H47N3. The van der Waals surface area contributed by atoms with Gasteiger partial charge >= 0.3 is 0 Å². The SMILES string of the molecule is CC1(C)c2ccccc2-c2ccc(N(c3ccccc3)c3ccc(N4c5c(ccc6ccccc56)-c5cccc6c(-c7ccc(N(c8ccccc8)c8ccccc8)cc7)ccc4c56)cc3)cc21. The first-order valence-corrected chi connectivity index (χ1v) is 23.6. The van der Waals surface area contributed by atoms with E-state index in [2.05, 4.69) is 277 Å². The van der Waals surface area contributed by atoms with Crippen LogP contribution in [-0.2, 0) is 5.41 Å². The lowest BCUT2D eigenvalue weighted by Gasteiger charge is -2.35. The fraction of sp³-hybridized carbons (Fsp3) is 0.0462. The quantitative estimate of drug-likeness (QED) is 0.151. The van der Waals surface area contributed by atoms with Gasteiger partial charge in [-0.25, -0.2) is 0 Å². The number of nitrogens with zero attached hydrogens (tertiary/aromatic N) is 3. The molecule has 0 atom stereocenters. The minimum absolute atomic E-state index is 0.106. The summed E-state index contributed by atoms with van der Waals surface area (Å²) in [6.07, 6.45) is 0. The van der Waals surface area contributed by atoms with Crippen LogP contribution in [0.3, 0.4) is 0 Å². The second kappa shape index (κ2) is 15.8. The number of rotatable bonds is 8. The normalized spacial score (nSPS) is 12.9. The van der Waals surface area contributed by atoms with Crippen molar-refractivity contribution in [3.05, 3.63) is 260 Å². The molecule has 1 aliphatic heterocycles. The third kappa shape index (κ3) is 6.27. The van der Waals surface area contributed by atoms with Gasteiger partial charge in [-0.1, -0.05) is 172 Å². The van der Waals surface area contributed by atoms with E-state index in [0.29, 0.717) is 0 Å². The molecule has 11 aromatic rings. The Labute approximate surface area is 398 Å². The van der Waals surface area contributed by atoms with Crippen LogP contribution in [0.15, 0.2) is 249 Å². The Balaban J connectivity index is 0.935. The number of hydrogen-bond acceptors (Lipinski definition) is 3. The van der Waals surface area contributed by atoms with Gasteiger partial charge in [0, 0.05) is 61.6 Å². The van der Waals surface area contributed by atoms with Gasteiger partial charge in [0.15, 0.2) is 0 Å². The molecule has 3 nitrogen and oxygen atoms in total. The van der Waals surface area contributed by atoms with Crippen molar-refractivity contribution >= 4 is 72.7 Å². The van der Waals surface area contributed by atoms with E-state index in [9.17, 15) is 0 Å². The van der Waals surface area contributed by atoms with E-state index in [-0.39, 0.29) is 5.41 Å². The van der Waals surface area contributed by atoms with Gasteiger partial charge in [0.2, 0.25) is 0 Å². The van der Waals surface area contributed by atoms with Crippen LogP contribution in [0.4, 0.5) is 51.2 Å². The molecular weight excluding hydrogens is 823 g/mol. The van der Waals surface area contributed by atoms with E-state index >= 15 is 0 Å². The predicted molar refractivity (Wildman–Crippen MR) is 287 cm³/mol. The molecule has 322 valence electrons. The molecule has 0 unspecified atom stereocenters. The number of fused-ring (bicyclic) bond motifs is 7. The molecule has 11 aromatic carbocycles. The molecule has 0 bridgehead atoms. The first-order valence-electron chi connectivity index (χ1n) is 23.6. The van der Waals surface area contributed by atoms with Crippen molar-refractivity contribution < 1.29 is 0 Å². The first-order chi connectivity index (χ1) is 33.5. The van der Waals surface area contributed by atoms with Crippen molar-refractivity contribution in [2.45, 2.75) is 19.3 Å². The van der Waals surface area contributed by atoms with Gasteiger partial charge in [-0.3, -0.25) is 0 Å². The van der Waals surface area contributed by atoms with Crippen molar-refractivity contribution in [2.24, 2.45) is 0 Å². The minimum Gasteiger partial charge on any atom is -0.311 e. The van der Waals surface area contributed by atoms with Gasteiger partial charge in [0.05, 0.1) is 11.4 Å². The van der Waals surface area contributed by atoms with E-state index in [0.717, 1.165) is 39.8 Å². The molecule has 0 N–H and O–H groups in total. The monoisotopic (exact) mass is 869 g/mol. The van der Waals surface area contributed by atoms with E-state index < -0.39 is 0 Å². The van der Waals surface area contributed by atoms with Gasteiger partial charge in [0.1, 0.15) is 0 Å². The maximum Gasteiger partial charge on any atom is 0.0618 e. The largest absolute Gasteiger partial charge is 0.311 e. The van der Waals surface area contributed by atoms with Crippen molar-refractivity contribution in [1.29, 1.82) is 0 Å². The molecule has 68 heavy (non-hydrogen) atoms. The Bertz CT molecular complexity index is 3650. The fourth-order valence-electron chi connectivity index (χ4n) is 11.2. The lowest BCUT2D eigenvalue weighted by molar-refractivity contribution is 0.660. The molecule has 0 aromatic heterocycles. The second-order valence-electron chi connectivity index (χ2n) is 18.5. The van der Waals surface area contributed by atoms with Gasteiger partial charge in [-0.2, -0.15) is 0 Å². The molecule has 0 saturated heterocycles. The van der Waals surface area contributed by atoms with Crippen LogP contribution in [-0.4, -0.2) is 0 Å². The molecule has 2 aliphatic rings. The zero-order valence-electron chi connectivity index (χ0n) is 38.0. The molecule has 0 amide bonds. The highest BCUT2D eigenvalue weighted by molar-refractivity contribution is 6.21. The van der Waals surface area contributed by atoms with Crippen LogP contribution in [0.1, 0.15) is 25.0 Å². The average molecular weight is 870 g/mol. The summed E-state index contributed by atoms with van der Waals surface area (Å²) in [5, 5.41) is 4.93. The molecule has 13 rings (SSSR count). The standard InChI is InChI=1S/C65H47N3/c1-65(2)60-28-15-14-25-55(60)56-40-38-52(43-61(56)65)67(48-22-10-5-11-23-48)50-34-36-51(37-35-50)68-62-42-41-53(57-26-16-27-58(63(57)62)59-39-31-44-17-12-13-24-54(44)64(59)68)45-29-32-49(33-30-45)66(46-18-6-3-7-19-46)47-20-8-4-9-21-47/h3-43H,1-2H3. The Morgan fingerprint density at radius 1 is 0.338 bits per heavy atom. The second-order valence-corrected chi connectivity index (χ2v) is 18.5. The summed E-state index contributed by atoms with van der Waals surface area (Å²) >= 11 is 0. The van der Waals surface area contributed by atoms with Crippen LogP contribution in [0.5, 0.6) is 0 Å². The van der Waals surface area contributed by atoms with Crippen LogP contribution < -0.4 is 14.7 Å². The Kier molecular flexibility index (Phi) is 9.19. The van der Waals surface area contributed by atoms with Crippen LogP contribution in [0, 0.1) is 0 Å². The predicted octanol–water partition coefficient (Wildman–Crippen LogP) is 18.4. The Hall–Kier alpha value is -8.66. The smallest absolute Gasteiger partial charge is 0.0618 e. The molecule has 0 spiro atoms. The summed E-state index contributed by atoms with van der Waals surface area (Å²) < 4.78 is 0. The molecule has 1 aliphatic carbocycles. The van der Waals surface area contributed by atoms with Crippen molar-refractivity contribution in [1.82, 2.24) is 0 Å². The number of anilines is 9. The topological polar surface area (TPSA) is 9.72 Å². The Morgan fingerprint density at radius 3 is 1.53 bits per heavy atom. The lowest BCUT2D eigenvalue weighted by Crippen LogP contribution is -2.17. The highest BCUT2D eigenvalue weighted by Gasteiger charge is 2.36. The van der Waals surface area contributed by atoms with Crippen LogP contribution >= 0.6 is 0 Å². The van der Waals surface area contributed by atoms with Crippen LogP contribution in [0.2, 0.25) is 0 Å². The summed E-state index contributed by atoms with van der Waals surface area (Å²) in [4.78, 5) is 7.22. The van der Waals surface area contributed by atoms with E-state index in [1.165, 1.54) is 77.4 Å². The minimum atomic E-state index is -0.106. The zero-order chi connectivity index (χ0) is 45.3. The molecule has 0 radical (unpaired) electrons. The van der Waals surface area contributed by atoms with Gasteiger partial charge in [-0.05, 0) is 141 Å². The summed E-state index contributed by atoms with van der Waals surface area (Å²) in [6.45, 7) is 4.71. The zero-order valence-corrected chi connectivity index (χ0v) is 38.0. The van der Waals surface area contributed by atoms with Crippen molar-refractivity contribution in [2.75, 3.05) is 14.7 Å². The Morgan fingerprint density at radius 2 is 0.838 bits per heavy atom. The highest BCUT2D eigenvalue weighted by atomic mass is 15.2. The number of benzene rings is 11. The highest BCUT2D eigenvalue weighted by Crippen LogP contribution is 2.56. The van der Waals surface area contributed by atoms with Crippen LogP contribution in [0.25, 0.3) is 54.9 Å². The molecule has 1 heterocycles. The number of hydrogen-bond donors (Lipinski definition) is 0. The summed E-state index contributed by atoms with van der Waals surface area (Å²) in [6, 6.07) is 91.0. The summed E-state index contributed by atoms with van der Waals surface area (Å²) in [7, 11) is 0. The third-order valence-electron chi connectivity index (χ3n) is 14.3. The van der Waals surface area contributed by atoms with Gasteiger partial charge in [-0.15, -0.1) is 0 Å². The molecule has 0 fully saturated rings. The van der Waals surface area contributed by atoms with Crippen molar-refractivity contribution in [3.63, 3.8) is 0 Å². The maximum absolute atomic E-state index is 2.50. The average Bonchev–Trinajstić information content (AvgIpc) is 3.63. The molecule has 3 heteroatoms. The maximum atomic E-state index is 2.50. The van der Waals surface area contributed by atoms with E-state index in [1.54, 1.807) is 0 Å². The summed E-state index contributed by atoms with van der Waals surface area (Å²) in [5.74, 6) is 0. The van der Waals surface area contributed by atoms with E-state index in [1.807, 2.05) is 0 Å². The van der Waals surface area contributed by atoms with Crippen molar-refractivity contribution in [3.8, 4) is 33.4 Å². The fourth-order valence-corrected chi connectivity index (χ4v) is 11.2.